The lowest BCUT2D eigenvalue weighted by Crippen LogP contribution is -2.27. The summed E-state index contributed by atoms with van der Waals surface area (Å²) in [6.07, 6.45) is 0.654. The number of carbonyl (C=O) groups excluding carboxylic acids is 1. The number of benzene rings is 1. The predicted molar refractivity (Wildman–Crippen MR) is 88.3 cm³/mol. The smallest absolute Gasteiger partial charge is 0.338 e. The number of nitrogens with two attached hydrogens (primary N) is 2. The lowest BCUT2D eigenvalue weighted by Gasteiger charge is -2.32. The molecule has 0 aliphatic rings. The third-order valence-electron chi connectivity index (χ3n) is 4.41. The van der Waals surface area contributed by atoms with Crippen LogP contribution in [0.15, 0.2) is 12.1 Å². The van der Waals surface area contributed by atoms with E-state index in [1.54, 1.807) is 12.1 Å². The average Bonchev–Trinajstić information content (AvgIpc) is 2.36. The number of nitrogen functional groups attached to an aromatic ring is 2. The molecule has 21 heavy (non-hydrogen) atoms. The first-order valence-corrected chi connectivity index (χ1v) is 7.51. The molecule has 1 atom stereocenters. The molecular weight excluding hydrogens is 264 g/mol. The number of anilines is 2. The van der Waals surface area contributed by atoms with E-state index in [1.807, 2.05) is 13.8 Å². The van der Waals surface area contributed by atoms with E-state index in [0.717, 1.165) is 12.0 Å². The molecule has 0 saturated carbocycles. The van der Waals surface area contributed by atoms with Gasteiger partial charge in [-0.15, -0.1) is 0 Å². The molecule has 0 aromatic heterocycles. The highest BCUT2D eigenvalue weighted by molar-refractivity contribution is 5.92. The molecule has 0 fully saturated rings. The Morgan fingerprint density at radius 3 is 2.05 bits per heavy atom. The molecular formula is C17H28N2O2. The summed E-state index contributed by atoms with van der Waals surface area (Å²) >= 11 is 0. The van der Waals surface area contributed by atoms with Gasteiger partial charge in [-0.25, -0.2) is 4.79 Å². The van der Waals surface area contributed by atoms with Gasteiger partial charge in [0.2, 0.25) is 0 Å². The van der Waals surface area contributed by atoms with Gasteiger partial charge in [0.05, 0.1) is 11.7 Å². The second kappa shape index (κ2) is 6.37. The third-order valence-corrected chi connectivity index (χ3v) is 4.41. The van der Waals surface area contributed by atoms with E-state index in [1.165, 1.54) is 0 Å². The van der Waals surface area contributed by atoms with Gasteiger partial charge in [0.1, 0.15) is 0 Å². The minimum absolute atomic E-state index is 0.119. The van der Waals surface area contributed by atoms with Crippen LogP contribution in [0.3, 0.4) is 0 Å². The molecule has 0 amide bonds. The van der Waals surface area contributed by atoms with E-state index >= 15 is 0 Å². The topological polar surface area (TPSA) is 78.3 Å². The van der Waals surface area contributed by atoms with Gasteiger partial charge < -0.3 is 16.2 Å². The van der Waals surface area contributed by atoms with Crippen LogP contribution >= 0.6 is 0 Å². The van der Waals surface area contributed by atoms with E-state index in [4.69, 9.17) is 16.2 Å². The summed E-state index contributed by atoms with van der Waals surface area (Å²) in [5, 5.41) is 0. The fraction of sp³-hybridized carbons (Fsp3) is 0.588. The first kappa shape index (κ1) is 17.3. The van der Waals surface area contributed by atoms with Crippen LogP contribution in [-0.2, 0) is 10.2 Å². The molecule has 4 heteroatoms. The number of ether oxygens (including phenoxy) is 1. The maximum atomic E-state index is 12.1. The SMILES string of the molecule is CCC(C)OC(=O)c1cc(N)c(C(C)(C)C(C)C)c(N)c1. The van der Waals surface area contributed by atoms with E-state index in [0.29, 0.717) is 22.9 Å². The van der Waals surface area contributed by atoms with Crippen molar-refractivity contribution < 1.29 is 9.53 Å². The minimum Gasteiger partial charge on any atom is -0.459 e. The Kier molecular flexibility index (Phi) is 5.26. The fourth-order valence-electron chi connectivity index (χ4n) is 2.17. The molecule has 4 nitrogen and oxygen atoms in total. The zero-order valence-corrected chi connectivity index (χ0v) is 14.0. The van der Waals surface area contributed by atoms with Crippen molar-refractivity contribution in [2.24, 2.45) is 5.92 Å². The van der Waals surface area contributed by atoms with Crippen LogP contribution in [0.5, 0.6) is 0 Å². The molecule has 1 aromatic rings. The summed E-state index contributed by atoms with van der Waals surface area (Å²) in [6, 6.07) is 3.33. The van der Waals surface area contributed by atoms with Gasteiger partial charge in [0.15, 0.2) is 0 Å². The van der Waals surface area contributed by atoms with Crippen molar-refractivity contribution in [1.29, 1.82) is 0 Å². The van der Waals surface area contributed by atoms with Crippen molar-refractivity contribution in [3.63, 3.8) is 0 Å². The first-order chi connectivity index (χ1) is 9.61. The highest BCUT2D eigenvalue weighted by Gasteiger charge is 2.30. The normalized spacial score (nSPS) is 13.3. The maximum absolute atomic E-state index is 12.1. The molecule has 0 radical (unpaired) electrons. The van der Waals surface area contributed by atoms with E-state index in [9.17, 15) is 4.79 Å². The van der Waals surface area contributed by atoms with Crippen molar-refractivity contribution in [3.05, 3.63) is 23.3 Å². The highest BCUT2D eigenvalue weighted by atomic mass is 16.5. The quantitative estimate of drug-likeness (QED) is 0.640. The first-order valence-electron chi connectivity index (χ1n) is 7.51. The molecule has 0 spiro atoms. The summed E-state index contributed by atoms with van der Waals surface area (Å²) in [4.78, 5) is 12.1. The van der Waals surface area contributed by atoms with Crippen molar-refractivity contribution >= 4 is 17.3 Å². The van der Waals surface area contributed by atoms with Gasteiger partial charge in [0.25, 0.3) is 0 Å². The molecule has 1 aromatic carbocycles. The number of hydrogen-bond donors (Lipinski definition) is 2. The van der Waals surface area contributed by atoms with Crippen LogP contribution in [0, 0.1) is 5.92 Å². The number of hydrogen-bond acceptors (Lipinski definition) is 4. The molecule has 0 aliphatic carbocycles. The van der Waals surface area contributed by atoms with Crippen LogP contribution in [0.25, 0.3) is 0 Å². The number of esters is 1. The summed E-state index contributed by atoms with van der Waals surface area (Å²) in [5.74, 6) is -0.00308. The van der Waals surface area contributed by atoms with E-state index < -0.39 is 0 Å². The van der Waals surface area contributed by atoms with Crippen LogP contribution in [0.4, 0.5) is 11.4 Å². The Balaban J connectivity index is 3.20. The zero-order valence-electron chi connectivity index (χ0n) is 14.0. The van der Waals surface area contributed by atoms with Gasteiger partial charge >= 0.3 is 5.97 Å². The molecule has 1 rings (SSSR count). The molecule has 1 unspecified atom stereocenters. The van der Waals surface area contributed by atoms with Gasteiger partial charge in [0, 0.05) is 16.9 Å². The summed E-state index contributed by atoms with van der Waals surface area (Å²) in [7, 11) is 0. The largest absolute Gasteiger partial charge is 0.459 e. The predicted octanol–water partition coefficient (Wildman–Crippen LogP) is 3.74. The van der Waals surface area contributed by atoms with Crippen molar-refractivity contribution in [2.45, 2.75) is 59.5 Å². The highest BCUT2D eigenvalue weighted by Crippen LogP contribution is 2.39. The molecule has 118 valence electrons. The average molecular weight is 292 g/mol. The Morgan fingerprint density at radius 1 is 1.19 bits per heavy atom. The molecule has 0 aliphatic heterocycles. The van der Waals surface area contributed by atoms with E-state index in [2.05, 4.69) is 27.7 Å². The second-order valence-electron chi connectivity index (χ2n) is 6.53. The van der Waals surface area contributed by atoms with Crippen LogP contribution < -0.4 is 11.5 Å². The van der Waals surface area contributed by atoms with Crippen molar-refractivity contribution in [1.82, 2.24) is 0 Å². The van der Waals surface area contributed by atoms with Crippen molar-refractivity contribution in [2.75, 3.05) is 11.5 Å². The maximum Gasteiger partial charge on any atom is 0.338 e. The number of rotatable bonds is 5. The van der Waals surface area contributed by atoms with Crippen LogP contribution in [0.2, 0.25) is 0 Å². The Bertz CT molecular complexity index is 499. The van der Waals surface area contributed by atoms with E-state index in [-0.39, 0.29) is 17.5 Å². The van der Waals surface area contributed by atoms with Gasteiger partial charge in [-0.2, -0.15) is 0 Å². The monoisotopic (exact) mass is 292 g/mol. The standard InChI is InChI=1S/C17H28N2O2/c1-7-11(4)21-16(20)12-8-13(18)15(14(19)9-12)17(5,6)10(2)3/h8-11H,7,18-19H2,1-6H3. The number of carbonyl (C=O) groups is 1. The van der Waals surface area contributed by atoms with Gasteiger partial charge in [-0.1, -0.05) is 34.6 Å². The van der Waals surface area contributed by atoms with Crippen LogP contribution in [-0.4, -0.2) is 12.1 Å². The lowest BCUT2D eigenvalue weighted by molar-refractivity contribution is 0.0334. The Morgan fingerprint density at radius 2 is 1.67 bits per heavy atom. The molecule has 0 saturated heterocycles. The Hall–Kier alpha value is -1.71. The summed E-state index contributed by atoms with van der Waals surface area (Å²) in [6.45, 7) is 12.3. The summed E-state index contributed by atoms with van der Waals surface area (Å²) in [5.41, 5.74) is 14.6. The molecule has 4 N–H and O–H groups in total. The van der Waals surface area contributed by atoms with Crippen molar-refractivity contribution in [3.8, 4) is 0 Å². The zero-order chi connectivity index (χ0) is 16.4. The Labute approximate surface area is 127 Å². The van der Waals surface area contributed by atoms with Gasteiger partial charge in [-0.3, -0.25) is 0 Å². The van der Waals surface area contributed by atoms with Gasteiger partial charge in [-0.05, 0) is 36.8 Å². The molecule has 0 bridgehead atoms. The fourth-order valence-corrected chi connectivity index (χ4v) is 2.17. The minimum atomic E-state index is -0.378. The second-order valence-corrected chi connectivity index (χ2v) is 6.53. The lowest BCUT2D eigenvalue weighted by atomic mass is 9.73. The van der Waals surface area contributed by atoms with Crippen LogP contribution in [0.1, 0.15) is 63.9 Å². The third kappa shape index (κ3) is 3.69. The summed E-state index contributed by atoms with van der Waals surface area (Å²) < 4.78 is 5.32. The molecule has 0 heterocycles.